The minimum absolute atomic E-state index is 0.00375. The van der Waals surface area contributed by atoms with Crippen LogP contribution >= 0.6 is 0 Å². The first-order valence-electron chi connectivity index (χ1n) is 5.37. The van der Waals surface area contributed by atoms with Crippen LogP contribution in [0.5, 0.6) is 0 Å². The van der Waals surface area contributed by atoms with E-state index in [0.717, 1.165) is 12.8 Å². The number of hydrogen-bond donors (Lipinski definition) is 3. The van der Waals surface area contributed by atoms with Gasteiger partial charge < -0.3 is 16.3 Å². The second-order valence-electron chi connectivity index (χ2n) is 4.12. The van der Waals surface area contributed by atoms with Crippen LogP contribution in [-0.2, 0) is 4.79 Å². The molecule has 1 aliphatic carbocycles. The lowest BCUT2D eigenvalue weighted by molar-refractivity contribution is -0.125. The summed E-state index contributed by atoms with van der Waals surface area (Å²) < 4.78 is 0. The summed E-state index contributed by atoms with van der Waals surface area (Å²) in [6, 6.07) is -0.358. The molecule has 1 aliphatic rings. The number of rotatable bonds is 5. The van der Waals surface area contributed by atoms with Gasteiger partial charge in [0.2, 0.25) is 5.91 Å². The molecule has 0 radical (unpaired) electrons. The summed E-state index contributed by atoms with van der Waals surface area (Å²) in [4.78, 5) is 11.7. The van der Waals surface area contributed by atoms with Gasteiger partial charge in [0.1, 0.15) is 0 Å². The summed E-state index contributed by atoms with van der Waals surface area (Å²) in [7, 11) is 0. The average molecular weight is 213 g/mol. The first-order valence-corrected chi connectivity index (χ1v) is 5.37. The van der Waals surface area contributed by atoms with Gasteiger partial charge in [-0.3, -0.25) is 4.79 Å². The average Bonchev–Trinajstić information content (AvgIpc) is 3.07. The van der Waals surface area contributed by atoms with Crippen molar-refractivity contribution in [3.05, 3.63) is 0 Å². The standard InChI is InChI=1S/C10H19N3O2/c1-3-8(9(11)13-15)12-10(14)6(2)7-4-5-7/h6-8,15H,3-5H2,1-2H3,(H2,11,13)(H,12,14). The zero-order valence-corrected chi connectivity index (χ0v) is 9.23. The van der Waals surface area contributed by atoms with Crippen LogP contribution in [0.2, 0.25) is 0 Å². The highest BCUT2D eigenvalue weighted by molar-refractivity contribution is 5.90. The van der Waals surface area contributed by atoms with Crippen molar-refractivity contribution in [1.82, 2.24) is 5.32 Å². The molecule has 0 heterocycles. The Kier molecular flexibility index (Phi) is 3.94. The molecule has 2 atom stereocenters. The van der Waals surface area contributed by atoms with Crippen LogP contribution in [0.3, 0.4) is 0 Å². The van der Waals surface area contributed by atoms with Gasteiger partial charge in [-0.1, -0.05) is 19.0 Å². The van der Waals surface area contributed by atoms with Crippen molar-refractivity contribution in [2.24, 2.45) is 22.7 Å². The topological polar surface area (TPSA) is 87.7 Å². The van der Waals surface area contributed by atoms with Gasteiger partial charge in [0.05, 0.1) is 6.04 Å². The molecule has 1 saturated carbocycles. The predicted molar refractivity (Wildman–Crippen MR) is 57.5 cm³/mol. The van der Waals surface area contributed by atoms with Crippen LogP contribution in [0.25, 0.3) is 0 Å². The molecule has 4 N–H and O–H groups in total. The number of carbonyl (C=O) groups is 1. The van der Waals surface area contributed by atoms with Crippen LogP contribution in [0.4, 0.5) is 0 Å². The van der Waals surface area contributed by atoms with Crippen molar-refractivity contribution in [3.63, 3.8) is 0 Å². The van der Waals surface area contributed by atoms with E-state index >= 15 is 0 Å². The molecule has 1 fully saturated rings. The summed E-state index contributed by atoms with van der Waals surface area (Å²) in [6.07, 6.45) is 2.89. The minimum Gasteiger partial charge on any atom is -0.409 e. The quantitative estimate of drug-likeness (QED) is 0.271. The Morgan fingerprint density at radius 2 is 2.27 bits per heavy atom. The fourth-order valence-corrected chi connectivity index (χ4v) is 1.57. The van der Waals surface area contributed by atoms with Gasteiger partial charge in [0.25, 0.3) is 0 Å². The minimum atomic E-state index is -0.358. The number of amides is 1. The van der Waals surface area contributed by atoms with E-state index in [1.165, 1.54) is 0 Å². The van der Waals surface area contributed by atoms with Crippen LogP contribution in [0, 0.1) is 11.8 Å². The van der Waals surface area contributed by atoms with Crippen LogP contribution in [0.1, 0.15) is 33.1 Å². The maximum Gasteiger partial charge on any atom is 0.223 e. The fraction of sp³-hybridized carbons (Fsp3) is 0.800. The summed E-state index contributed by atoms with van der Waals surface area (Å²) >= 11 is 0. The number of carbonyl (C=O) groups excluding carboxylic acids is 1. The number of nitrogens with zero attached hydrogens (tertiary/aromatic N) is 1. The van der Waals surface area contributed by atoms with Crippen molar-refractivity contribution >= 4 is 11.7 Å². The van der Waals surface area contributed by atoms with Crippen molar-refractivity contribution in [1.29, 1.82) is 0 Å². The Hall–Kier alpha value is -1.26. The monoisotopic (exact) mass is 213 g/mol. The first kappa shape index (κ1) is 11.8. The highest BCUT2D eigenvalue weighted by Crippen LogP contribution is 2.36. The fourth-order valence-electron chi connectivity index (χ4n) is 1.57. The summed E-state index contributed by atoms with van der Waals surface area (Å²) in [5, 5.41) is 14.2. The highest BCUT2D eigenvalue weighted by atomic mass is 16.4. The molecule has 86 valence electrons. The third-order valence-corrected chi connectivity index (χ3v) is 2.94. The molecule has 0 aliphatic heterocycles. The molecule has 1 amide bonds. The summed E-state index contributed by atoms with van der Waals surface area (Å²) in [5.74, 6) is 0.616. The molecule has 2 unspecified atom stereocenters. The second-order valence-corrected chi connectivity index (χ2v) is 4.12. The molecule has 0 aromatic carbocycles. The summed E-state index contributed by atoms with van der Waals surface area (Å²) in [6.45, 7) is 3.80. The van der Waals surface area contributed by atoms with Crippen molar-refractivity contribution in [2.45, 2.75) is 39.2 Å². The maximum atomic E-state index is 11.7. The van der Waals surface area contributed by atoms with Gasteiger partial charge in [-0.05, 0) is 25.2 Å². The van der Waals surface area contributed by atoms with Gasteiger partial charge in [-0.2, -0.15) is 0 Å². The van der Waals surface area contributed by atoms with E-state index in [1.807, 2.05) is 13.8 Å². The van der Waals surface area contributed by atoms with Crippen LogP contribution in [0.15, 0.2) is 5.16 Å². The molecule has 0 aromatic heterocycles. The van der Waals surface area contributed by atoms with E-state index < -0.39 is 0 Å². The Bertz CT molecular complexity index is 261. The first-order chi connectivity index (χ1) is 7.10. The smallest absolute Gasteiger partial charge is 0.223 e. The maximum absolute atomic E-state index is 11.7. The van der Waals surface area contributed by atoms with E-state index in [2.05, 4.69) is 10.5 Å². The van der Waals surface area contributed by atoms with Crippen molar-refractivity contribution in [2.75, 3.05) is 0 Å². The van der Waals surface area contributed by atoms with E-state index in [0.29, 0.717) is 12.3 Å². The zero-order chi connectivity index (χ0) is 11.4. The molecule has 0 bridgehead atoms. The molecule has 0 aromatic rings. The number of hydrogen-bond acceptors (Lipinski definition) is 3. The van der Waals surface area contributed by atoms with Gasteiger partial charge >= 0.3 is 0 Å². The van der Waals surface area contributed by atoms with Crippen molar-refractivity contribution < 1.29 is 10.0 Å². The van der Waals surface area contributed by atoms with E-state index in [-0.39, 0.29) is 23.7 Å². The molecule has 0 saturated heterocycles. The van der Waals surface area contributed by atoms with Gasteiger partial charge in [0, 0.05) is 5.92 Å². The zero-order valence-electron chi connectivity index (χ0n) is 9.23. The molecule has 0 spiro atoms. The van der Waals surface area contributed by atoms with Crippen molar-refractivity contribution in [3.8, 4) is 0 Å². The third-order valence-electron chi connectivity index (χ3n) is 2.94. The lowest BCUT2D eigenvalue weighted by atomic mass is 10.0. The Balaban J connectivity index is 2.47. The van der Waals surface area contributed by atoms with E-state index in [9.17, 15) is 4.79 Å². The number of nitrogens with one attached hydrogen (secondary N) is 1. The molecule has 15 heavy (non-hydrogen) atoms. The number of amidine groups is 1. The highest BCUT2D eigenvalue weighted by Gasteiger charge is 2.33. The van der Waals surface area contributed by atoms with Crippen LogP contribution in [-0.4, -0.2) is 23.0 Å². The molecule has 1 rings (SSSR count). The van der Waals surface area contributed by atoms with Gasteiger partial charge in [-0.15, -0.1) is 0 Å². The number of oxime groups is 1. The van der Waals surface area contributed by atoms with Gasteiger partial charge in [0.15, 0.2) is 5.84 Å². The third kappa shape index (κ3) is 3.11. The Morgan fingerprint density at radius 1 is 1.67 bits per heavy atom. The summed E-state index contributed by atoms with van der Waals surface area (Å²) in [5.41, 5.74) is 5.45. The molecule has 5 nitrogen and oxygen atoms in total. The number of nitrogens with two attached hydrogens (primary N) is 1. The predicted octanol–water partition coefficient (Wildman–Crippen LogP) is 0.674. The van der Waals surface area contributed by atoms with Gasteiger partial charge in [-0.25, -0.2) is 0 Å². The van der Waals surface area contributed by atoms with E-state index in [1.54, 1.807) is 0 Å². The Morgan fingerprint density at radius 3 is 2.67 bits per heavy atom. The molecular formula is C10H19N3O2. The lowest BCUT2D eigenvalue weighted by Crippen LogP contribution is -2.46. The van der Waals surface area contributed by atoms with Crippen LogP contribution < -0.4 is 11.1 Å². The SMILES string of the molecule is CCC(NC(=O)C(C)C1CC1)C(N)=NO. The molecule has 5 heteroatoms. The van der Waals surface area contributed by atoms with E-state index in [4.69, 9.17) is 10.9 Å². The lowest BCUT2D eigenvalue weighted by Gasteiger charge is -2.18. The Labute approximate surface area is 89.7 Å². The molecular weight excluding hydrogens is 194 g/mol. The largest absolute Gasteiger partial charge is 0.409 e. The second kappa shape index (κ2) is 5.00. The normalized spacial score (nSPS) is 20.8.